The fraction of sp³-hybridized carbons (Fsp3) is 0.300. The minimum atomic E-state index is -0.588. The van der Waals surface area contributed by atoms with Gasteiger partial charge in [-0.3, -0.25) is 10.1 Å². The number of nitrogens with zero attached hydrogens (tertiary/aromatic N) is 3. The zero-order valence-corrected chi connectivity index (χ0v) is 14.4. The summed E-state index contributed by atoms with van der Waals surface area (Å²) in [7, 11) is 0. The van der Waals surface area contributed by atoms with Crippen molar-refractivity contribution in [3.8, 4) is 0 Å². The molecular formula is C10H8Br3N3O3. The van der Waals surface area contributed by atoms with Crippen LogP contribution in [0.4, 0.5) is 5.69 Å². The Labute approximate surface area is 133 Å². The average Bonchev–Trinajstić information content (AvgIpc) is 2.56. The van der Waals surface area contributed by atoms with Gasteiger partial charge >= 0.3 is 5.69 Å². The molecule has 0 saturated heterocycles. The number of benzene rings is 1. The van der Waals surface area contributed by atoms with Crippen LogP contribution in [0.5, 0.6) is 0 Å². The van der Waals surface area contributed by atoms with E-state index in [2.05, 4.69) is 52.8 Å². The van der Waals surface area contributed by atoms with Gasteiger partial charge in [0.1, 0.15) is 4.47 Å². The predicted molar refractivity (Wildman–Crippen MR) is 81.2 cm³/mol. The van der Waals surface area contributed by atoms with E-state index in [9.17, 15) is 15.2 Å². The van der Waals surface area contributed by atoms with E-state index in [1.54, 1.807) is 17.6 Å². The van der Waals surface area contributed by atoms with Crippen LogP contribution in [0.15, 0.2) is 19.7 Å². The third kappa shape index (κ3) is 2.69. The number of aliphatic hydroxyl groups is 1. The second-order valence-corrected chi connectivity index (χ2v) is 6.34. The molecule has 0 unspecified atom stereocenters. The van der Waals surface area contributed by atoms with E-state index in [1.165, 1.54) is 0 Å². The summed E-state index contributed by atoms with van der Waals surface area (Å²) in [5.74, 6) is 0. The Hall–Kier alpha value is -0.510. The zero-order valence-electron chi connectivity index (χ0n) is 9.60. The summed E-state index contributed by atoms with van der Waals surface area (Å²) in [6.07, 6.45) is -0.588. The van der Waals surface area contributed by atoms with Crippen molar-refractivity contribution in [1.29, 1.82) is 0 Å². The molecule has 1 atom stereocenters. The third-order valence-electron chi connectivity index (χ3n) is 2.49. The summed E-state index contributed by atoms with van der Waals surface area (Å²) in [6, 6.07) is 1.73. The monoisotopic (exact) mass is 455 g/mol. The van der Waals surface area contributed by atoms with Gasteiger partial charge in [-0.05, 0) is 60.8 Å². The third-order valence-corrected chi connectivity index (χ3v) is 5.06. The quantitative estimate of drug-likeness (QED) is 0.564. The molecule has 1 heterocycles. The van der Waals surface area contributed by atoms with Crippen molar-refractivity contribution in [2.75, 3.05) is 0 Å². The van der Waals surface area contributed by atoms with Crippen LogP contribution in [0.25, 0.3) is 11.0 Å². The number of fused-ring (bicyclic) bond motifs is 1. The van der Waals surface area contributed by atoms with Crippen molar-refractivity contribution >= 4 is 64.5 Å². The van der Waals surface area contributed by atoms with Gasteiger partial charge in [0, 0.05) is 4.47 Å². The van der Waals surface area contributed by atoms with Crippen LogP contribution in [-0.2, 0) is 6.54 Å². The summed E-state index contributed by atoms with van der Waals surface area (Å²) in [4.78, 5) is 14.9. The summed E-state index contributed by atoms with van der Waals surface area (Å²) < 4.78 is 3.03. The van der Waals surface area contributed by atoms with Gasteiger partial charge in [0.15, 0.2) is 10.3 Å². The molecule has 0 bridgehead atoms. The first kappa shape index (κ1) is 14.9. The molecule has 0 fully saturated rings. The second kappa shape index (κ2) is 5.47. The van der Waals surface area contributed by atoms with E-state index in [0.717, 1.165) is 0 Å². The molecule has 0 aliphatic rings. The zero-order chi connectivity index (χ0) is 14.3. The lowest BCUT2D eigenvalue weighted by Crippen LogP contribution is -2.11. The highest BCUT2D eigenvalue weighted by Gasteiger charge is 2.25. The molecule has 0 saturated carbocycles. The van der Waals surface area contributed by atoms with Crippen LogP contribution in [0.1, 0.15) is 6.92 Å². The molecule has 0 aliphatic heterocycles. The maximum absolute atomic E-state index is 11.2. The van der Waals surface area contributed by atoms with Crippen molar-refractivity contribution < 1.29 is 10.0 Å². The van der Waals surface area contributed by atoms with Crippen molar-refractivity contribution in [2.24, 2.45) is 0 Å². The Morgan fingerprint density at radius 2 is 2.16 bits per heavy atom. The minimum absolute atomic E-state index is 0.102. The molecule has 0 aliphatic carbocycles. The first-order chi connectivity index (χ1) is 8.82. The molecule has 9 heteroatoms. The largest absolute Gasteiger partial charge is 0.392 e. The SMILES string of the molecule is C[C@@H](O)Cn1c(Br)nc2c([N+](=O)[O-])c(Br)c(Br)cc21. The first-order valence-electron chi connectivity index (χ1n) is 5.19. The number of imidazole rings is 1. The topological polar surface area (TPSA) is 81.2 Å². The highest BCUT2D eigenvalue weighted by Crippen LogP contribution is 2.39. The highest BCUT2D eigenvalue weighted by atomic mass is 79.9. The van der Waals surface area contributed by atoms with Crippen molar-refractivity contribution in [3.63, 3.8) is 0 Å². The predicted octanol–water partition coefficient (Wildman–Crippen LogP) is 3.61. The number of halogens is 3. The smallest absolute Gasteiger partial charge is 0.312 e. The lowest BCUT2D eigenvalue weighted by atomic mass is 10.2. The van der Waals surface area contributed by atoms with Crippen LogP contribution in [-0.4, -0.2) is 25.7 Å². The molecule has 1 aromatic heterocycles. The van der Waals surface area contributed by atoms with Gasteiger partial charge in [0.05, 0.1) is 23.1 Å². The van der Waals surface area contributed by atoms with Gasteiger partial charge in [0.2, 0.25) is 0 Å². The molecule has 1 aromatic carbocycles. The maximum atomic E-state index is 11.2. The number of hydrogen-bond acceptors (Lipinski definition) is 4. The fourth-order valence-corrected chi connectivity index (χ4v) is 3.13. The lowest BCUT2D eigenvalue weighted by Gasteiger charge is -2.08. The number of hydrogen-bond donors (Lipinski definition) is 1. The Balaban J connectivity index is 2.82. The van der Waals surface area contributed by atoms with Gasteiger partial charge < -0.3 is 9.67 Å². The van der Waals surface area contributed by atoms with Crippen molar-refractivity contribution in [2.45, 2.75) is 19.6 Å². The van der Waals surface area contributed by atoms with Gasteiger partial charge in [-0.15, -0.1) is 0 Å². The minimum Gasteiger partial charge on any atom is -0.392 e. The number of aromatic nitrogens is 2. The summed E-state index contributed by atoms with van der Waals surface area (Å²) in [5.41, 5.74) is 0.747. The Morgan fingerprint density at radius 1 is 1.53 bits per heavy atom. The Kier molecular flexibility index (Phi) is 4.29. The van der Waals surface area contributed by atoms with Crippen LogP contribution in [0.3, 0.4) is 0 Å². The summed E-state index contributed by atoms with van der Waals surface area (Å²) in [6.45, 7) is 1.93. The molecule has 0 amide bonds. The second-order valence-electron chi connectivity index (χ2n) is 3.99. The van der Waals surface area contributed by atoms with Crippen LogP contribution >= 0.6 is 47.8 Å². The molecule has 0 radical (unpaired) electrons. The number of aliphatic hydroxyl groups excluding tert-OH is 1. The normalized spacial score (nSPS) is 12.9. The van der Waals surface area contributed by atoms with Crippen LogP contribution in [0.2, 0.25) is 0 Å². The number of rotatable bonds is 3. The molecule has 6 nitrogen and oxygen atoms in total. The molecule has 1 N–H and O–H groups in total. The molecule has 19 heavy (non-hydrogen) atoms. The number of nitro benzene ring substituents is 1. The molecule has 102 valence electrons. The van der Waals surface area contributed by atoms with E-state index in [1.807, 2.05) is 0 Å². The van der Waals surface area contributed by atoms with E-state index >= 15 is 0 Å². The average molecular weight is 458 g/mol. The first-order valence-corrected chi connectivity index (χ1v) is 7.57. The Morgan fingerprint density at radius 3 is 2.68 bits per heavy atom. The molecule has 2 rings (SSSR count). The van der Waals surface area contributed by atoms with E-state index in [-0.39, 0.29) is 11.2 Å². The van der Waals surface area contributed by atoms with Gasteiger partial charge in [0.25, 0.3) is 0 Å². The van der Waals surface area contributed by atoms with E-state index < -0.39 is 11.0 Å². The van der Waals surface area contributed by atoms with Crippen molar-refractivity contribution in [3.05, 3.63) is 29.9 Å². The van der Waals surface area contributed by atoms with Gasteiger partial charge in [-0.25, -0.2) is 4.98 Å². The summed E-state index contributed by atoms with van der Waals surface area (Å²) in [5, 5.41) is 20.7. The standard InChI is InChI=1S/C10H8Br3N3O3/c1-4(17)3-15-6-2-5(11)7(12)9(16(18)19)8(6)14-10(15)13/h2,4,17H,3H2,1H3/t4-/m1/s1. The summed E-state index contributed by atoms with van der Waals surface area (Å²) >= 11 is 9.72. The Bertz CT molecular complexity index is 669. The lowest BCUT2D eigenvalue weighted by molar-refractivity contribution is -0.384. The van der Waals surface area contributed by atoms with E-state index in [0.29, 0.717) is 25.7 Å². The van der Waals surface area contributed by atoms with Crippen LogP contribution in [0, 0.1) is 10.1 Å². The number of nitro groups is 1. The molecule has 0 spiro atoms. The van der Waals surface area contributed by atoms with Crippen molar-refractivity contribution in [1.82, 2.24) is 9.55 Å². The molecule has 2 aromatic rings. The fourth-order valence-electron chi connectivity index (χ4n) is 1.76. The van der Waals surface area contributed by atoms with Gasteiger partial charge in [-0.1, -0.05) is 0 Å². The van der Waals surface area contributed by atoms with Gasteiger partial charge in [-0.2, -0.15) is 0 Å². The highest BCUT2D eigenvalue weighted by molar-refractivity contribution is 9.13. The van der Waals surface area contributed by atoms with E-state index in [4.69, 9.17) is 0 Å². The maximum Gasteiger partial charge on any atom is 0.312 e. The van der Waals surface area contributed by atoms with Crippen LogP contribution < -0.4 is 0 Å². The molecular weight excluding hydrogens is 450 g/mol.